The van der Waals surface area contributed by atoms with Gasteiger partial charge >= 0.3 is 5.51 Å². The first-order valence-corrected chi connectivity index (χ1v) is 31.0. The molecule has 3 saturated heterocycles. The van der Waals surface area contributed by atoms with E-state index in [1.807, 2.05) is 47.2 Å². The van der Waals surface area contributed by atoms with Gasteiger partial charge in [0.05, 0.1) is 16.5 Å². The van der Waals surface area contributed by atoms with Crippen LogP contribution < -0.4 is 20.3 Å². The second kappa shape index (κ2) is 25.1. The Balaban J connectivity index is 0.826. The Kier molecular flexibility index (Phi) is 18.4. The molecule has 80 heavy (non-hydrogen) atoms. The minimum atomic E-state index is -6.13. The van der Waals surface area contributed by atoms with Crippen LogP contribution in [0.1, 0.15) is 85.6 Å². The van der Waals surface area contributed by atoms with Crippen molar-refractivity contribution < 1.29 is 44.4 Å². The molecule has 1 aromatic heterocycles. The number of sulfone groups is 1. The maximum absolute atomic E-state index is 14.4. The summed E-state index contributed by atoms with van der Waals surface area (Å²) in [4.78, 5) is 54.0. The highest BCUT2D eigenvalue weighted by Gasteiger charge is 2.48. The zero-order valence-electron chi connectivity index (χ0n) is 44.6. The number of imide groups is 1. The molecule has 0 spiro atoms. The van der Waals surface area contributed by atoms with Crippen molar-refractivity contribution in [2.75, 3.05) is 81.4 Å². The number of rotatable bonds is 19. The van der Waals surface area contributed by atoms with Crippen LogP contribution in [0.3, 0.4) is 0 Å². The molecule has 0 saturated carbocycles. The summed E-state index contributed by atoms with van der Waals surface area (Å²) in [5.74, 6) is -1.67. The molecule has 3 aliphatic heterocycles. The Morgan fingerprint density at radius 1 is 0.825 bits per heavy atom. The number of thioether (sulfide) groups is 1. The van der Waals surface area contributed by atoms with Gasteiger partial charge in [0.15, 0.2) is 0 Å². The van der Waals surface area contributed by atoms with E-state index >= 15 is 0 Å². The fourth-order valence-corrected chi connectivity index (χ4v) is 13.8. The van der Waals surface area contributed by atoms with Crippen LogP contribution in [-0.2, 0) is 36.0 Å². The summed E-state index contributed by atoms with van der Waals surface area (Å²) in [6, 6.07) is 25.6. The predicted octanol–water partition coefficient (Wildman–Crippen LogP) is 8.63. The average Bonchev–Trinajstić information content (AvgIpc) is 3.44. The van der Waals surface area contributed by atoms with Crippen LogP contribution in [0.5, 0.6) is 0 Å². The van der Waals surface area contributed by atoms with Crippen molar-refractivity contribution in [3.63, 3.8) is 0 Å². The first kappa shape index (κ1) is 58.8. The molecule has 426 valence electrons. The SMILES string of the molecule is CC1(C)CCC(c2ccc(Cl)cc2)=C(CN2CCN(c3ccc(C(=O)NS(=O)(=O)c4ccc(N[C@H](CCN5CCN(Cc6cnc(C7CCC(=O)NC7=O)nc6)CC5)CSc5ccccc5)c(S(=O)(=O)C(F)(F)F)c4)cc3)CC2)C1. The van der Waals surface area contributed by atoms with Crippen molar-refractivity contribution in [1.82, 2.24) is 34.7 Å². The van der Waals surface area contributed by atoms with Gasteiger partial charge in [-0.1, -0.05) is 61.4 Å². The quantitative estimate of drug-likeness (QED) is 0.0525. The van der Waals surface area contributed by atoms with Crippen molar-refractivity contribution >= 4 is 77.9 Å². The highest BCUT2D eigenvalue weighted by atomic mass is 35.5. The maximum Gasteiger partial charge on any atom is 0.501 e. The molecular formula is C57H65ClF3N9O7S3. The number of carbonyl (C=O) groups is 3. The van der Waals surface area contributed by atoms with Crippen molar-refractivity contribution in [2.45, 2.75) is 91.1 Å². The summed E-state index contributed by atoms with van der Waals surface area (Å²) in [5, 5.41) is 6.07. The maximum atomic E-state index is 14.4. The van der Waals surface area contributed by atoms with Crippen LogP contribution in [0.15, 0.2) is 130 Å². The highest BCUT2D eigenvalue weighted by molar-refractivity contribution is 7.99. The third kappa shape index (κ3) is 14.8. The molecule has 4 aliphatic rings. The summed E-state index contributed by atoms with van der Waals surface area (Å²) in [7, 11) is -11.0. The number of allylic oxidation sites excluding steroid dienone is 1. The van der Waals surface area contributed by atoms with Crippen LogP contribution in [0, 0.1) is 5.41 Å². The van der Waals surface area contributed by atoms with Gasteiger partial charge in [-0.15, -0.1) is 11.8 Å². The summed E-state index contributed by atoms with van der Waals surface area (Å²) in [6.07, 6.45) is 7.44. The fourth-order valence-electron chi connectivity index (χ4n) is 10.7. The Morgan fingerprint density at radius 3 is 2.14 bits per heavy atom. The second-order valence-electron chi connectivity index (χ2n) is 21.6. The van der Waals surface area contributed by atoms with E-state index in [0.29, 0.717) is 74.8 Å². The molecule has 16 nitrogen and oxygen atoms in total. The van der Waals surface area contributed by atoms with Crippen molar-refractivity contribution in [3.05, 3.63) is 143 Å². The number of hydrogen-bond acceptors (Lipinski definition) is 15. The lowest BCUT2D eigenvalue weighted by Crippen LogP contribution is -2.47. The summed E-state index contributed by atoms with van der Waals surface area (Å²) < 4.78 is 99.4. The molecule has 3 N–H and O–H groups in total. The first-order chi connectivity index (χ1) is 38.1. The molecule has 4 aromatic carbocycles. The number of sulfonamides is 1. The largest absolute Gasteiger partial charge is 0.501 e. The Hall–Kier alpha value is -5.88. The van der Waals surface area contributed by atoms with Crippen LogP contribution in [0.25, 0.3) is 5.57 Å². The third-order valence-electron chi connectivity index (χ3n) is 15.2. The lowest BCUT2D eigenvalue weighted by Gasteiger charge is -2.39. The molecule has 3 amide bonds. The number of alkyl halides is 3. The highest BCUT2D eigenvalue weighted by Crippen LogP contribution is 2.43. The monoisotopic (exact) mass is 1180 g/mol. The van der Waals surface area contributed by atoms with Gasteiger partial charge in [0.2, 0.25) is 11.8 Å². The number of hydrogen-bond donors (Lipinski definition) is 3. The standard InChI is InChI=1S/C57H65ClF3N9O7S3/c1-56(2)22-20-48(40-8-12-43(58)13-9-40)42(33-56)37-69-28-30-70(31-29-69)45-14-10-41(11-15-45)54(72)66-80(76,77)47-16-18-50(51(32-47)79(74,75)57(59,60)61)64-44(38-78-46-6-4-3-5-7-46)21-23-67-24-26-68(27-25-67)36-39-34-62-53(63-35-39)49-17-19-52(71)65-55(49)73/h3-16,18,32,34-35,44,49,64H,17,19-31,33,36-38H2,1-2H3,(H,66,72)(H,65,71,73)/t44-,49?/m1/s1. The molecule has 1 unspecified atom stereocenters. The number of benzene rings is 4. The molecule has 1 aliphatic carbocycles. The number of anilines is 2. The molecule has 9 rings (SSSR count). The molecule has 23 heteroatoms. The minimum absolute atomic E-state index is 0.0212. The average molecular weight is 1180 g/mol. The second-order valence-corrected chi connectivity index (χ2v) is 26.7. The fraction of sp³-hybridized carbons (Fsp3) is 0.421. The van der Waals surface area contributed by atoms with Gasteiger partial charge in [-0.05, 0) is 115 Å². The number of piperazine rings is 2. The molecule has 5 aromatic rings. The number of carbonyl (C=O) groups excluding carboxylic acids is 3. The predicted molar refractivity (Wildman–Crippen MR) is 304 cm³/mol. The first-order valence-electron chi connectivity index (χ1n) is 26.7. The summed E-state index contributed by atoms with van der Waals surface area (Å²) >= 11 is 7.64. The van der Waals surface area contributed by atoms with E-state index in [2.05, 4.69) is 66.2 Å². The van der Waals surface area contributed by atoms with Crippen LogP contribution >= 0.6 is 23.4 Å². The Labute approximate surface area is 474 Å². The van der Waals surface area contributed by atoms with Gasteiger partial charge in [0, 0.05) is 129 Å². The zero-order chi connectivity index (χ0) is 56.8. The van der Waals surface area contributed by atoms with Crippen LogP contribution in [0.2, 0.25) is 5.02 Å². The number of nitrogens with one attached hydrogen (secondary N) is 3. The smallest absolute Gasteiger partial charge is 0.380 e. The third-order valence-corrected chi connectivity index (χ3v) is 19.5. The van der Waals surface area contributed by atoms with E-state index < -0.39 is 64.6 Å². The van der Waals surface area contributed by atoms with E-state index in [-0.39, 0.29) is 23.3 Å². The Bertz CT molecular complexity index is 3290. The zero-order valence-corrected chi connectivity index (χ0v) is 47.8. The number of nitrogens with zero attached hydrogens (tertiary/aromatic N) is 6. The van der Waals surface area contributed by atoms with Gasteiger partial charge < -0.3 is 15.1 Å². The number of halogens is 4. The van der Waals surface area contributed by atoms with E-state index in [4.69, 9.17) is 11.6 Å². The van der Waals surface area contributed by atoms with Crippen LogP contribution in [0.4, 0.5) is 24.5 Å². The molecule has 0 bridgehead atoms. The molecule has 4 heterocycles. The lowest BCUT2D eigenvalue weighted by atomic mass is 9.73. The molecule has 3 fully saturated rings. The van der Waals surface area contributed by atoms with E-state index in [9.17, 15) is 44.4 Å². The van der Waals surface area contributed by atoms with E-state index in [0.717, 1.165) is 80.3 Å². The van der Waals surface area contributed by atoms with E-state index in [1.54, 1.807) is 24.5 Å². The lowest BCUT2D eigenvalue weighted by molar-refractivity contribution is -0.134. The number of piperidine rings is 1. The van der Waals surface area contributed by atoms with Gasteiger partial charge in [-0.3, -0.25) is 29.5 Å². The minimum Gasteiger partial charge on any atom is -0.380 e. The molecule has 2 atom stereocenters. The molecular weight excluding hydrogens is 1110 g/mol. The number of amides is 3. The Morgan fingerprint density at radius 2 is 1.48 bits per heavy atom. The van der Waals surface area contributed by atoms with Crippen molar-refractivity contribution in [3.8, 4) is 0 Å². The number of aromatic nitrogens is 2. The van der Waals surface area contributed by atoms with Crippen LogP contribution in [-0.4, -0.2) is 142 Å². The van der Waals surface area contributed by atoms with Crippen molar-refractivity contribution in [2.24, 2.45) is 5.41 Å². The van der Waals surface area contributed by atoms with Gasteiger partial charge in [-0.25, -0.2) is 31.5 Å². The van der Waals surface area contributed by atoms with Gasteiger partial charge in [-0.2, -0.15) is 13.2 Å². The normalized spacial score (nSPS) is 19.4. The van der Waals surface area contributed by atoms with Gasteiger partial charge in [0.25, 0.3) is 25.8 Å². The summed E-state index contributed by atoms with van der Waals surface area (Å²) in [6.45, 7) is 12.3. The molecule has 0 radical (unpaired) electrons. The van der Waals surface area contributed by atoms with E-state index in [1.165, 1.54) is 40.6 Å². The van der Waals surface area contributed by atoms with Gasteiger partial charge in [0.1, 0.15) is 10.7 Å². The topological polar surface area (TPSA) is 194 Å². The summed E-state index contributed by atoms with van der Waals surface area (Å²) in [5.41, 5.74) is -0.325. The van der Waals surface area contributed by atoms with Crippen molar-refractivity contribution in [1.29, 1.82) is 0 Å².